The van der Waals surface area contributed by atoms with Gasteiger partial charge in [0.2, 0.25) is 0 Å². The molecule has 2 aromatic rings. The molecule has 0 aliphatic carbocycles. The van der Waals surface area contributed by atoms with Crippen molar-refractivity contribution in [3.8, 4) is 17.6 Å². The summed E-state index contributed by atoms with van der Waals surface area (Å²) < 4.78 is 14.1. The van der Waals surface area contributed by atoms with E-state index in [-0.39, 0.29) is 24.3 Å². The monoisotopic (exact) mass is 446 g/mol. The lowest BCUT2D eigenvalue weighted by atomic mass is 9.77. The van der Waals surface area contributed by atoms with Crippen LogP contribution in [0.3, 0.4) is 0 Å². The van der Waals surface area contributed by atoms with E-state index in [1.54, 1.807) is 6.07 Å². The lowest BCUT2D eigenvalue weighted by Crippen LogP contribution is -2.23. The van der Waals surface area contributed by atoms with Crippen LogP contribution in [0, 0.1) is 11.3 Å². The molecule has 7 heteroatoms. The van der Waals surface area contributed by atoms with Crippen molar-refractivity contribution in [2.75, 3.05) is 31.9 Å². The number of nitrogens with one attached hydrogen (secondary N) is 1. The van der Waals surface area contributed by atoms with E-state index in [1.807, 2.05) is 42.7 Å². The van der Waals surface area contributed by atoms with E-state index in [2.05, 4.69) is 24.6 Å². The molecule has 0 heterocycles. The van der Waals surface area contributed by atoms with Crippen LogP contribution in [-0.2, 0) is 10.2 Å². The van der Waals surface area contributed by atoms with E-state index in [4.69, 9.17) is 21.1 Å². The number of carbonyl (C=O) groups is 1. The number of halogens is 1. The predicted molar refractivity (Wildman–Crippen MR) is 123 cm³/mol. The van der Waals surface area contributed by atoms with Crippen molar-refractivity contribution in [1.82, 2.24) is 4.72 Å². The van der Waals surface area contributed by atoms with Gasteiger partial charge in [-0.15, -0.1) is 11.6 Å². The summed E-state index contributed by atoms with van der Waals surface area (Å²) in [5, 5.41) is 9.57. The van der Waals surface area contributed by atoms with Gasteiger partial charge in [0.15, 0.2) is 5.78 Å². The van der Waals surface area contributed by atoms with Crippen LogP contribution in [0.2, 0.25) is 0 Å². The van der Waals surface area contributed by atoms with E-state index < -0.39 is 0 Å². The average Bonchev–Trinajstić information content (AvgIpc) is 2.76. The minimum atomic E-state index is -0.323. The molecule has 0 aromatic heterocycles. The highest BCUT2D eigenvalue weighted by Crippen LogP contribution is 2.34. The minimum absolute atomic E-state index is 0.0733. The molecule has 0 radical (unpaired) electrons. The number of alkyl halides is 1. The fourth-order valence-electron chi connectivity index (χ4n) is 2.87. The average molecular weight is 447 g/mol. The number of ketones is 1. The highest BCUT2D eigenvalue weighted by molar-refractivity contribution is 7.96. The highest BCUT2D eigenvalue weighted by Gasteiger charge is 2.24. The zero-order valence-corrected chi connectivity index (χ0v) is 19.1. The number of nitriles is 1. The molecule has 160 valence electrons. The van der Waals surface area contributed by atoms with Gasteiger partial charge in [-0.1, -0.05) is 44.0 Å². The van der Waals surface area contributed by atoms with Crippen LogP contribution in [0.25, 0.3) is 0 Å². The predicted octanol–water partition coefficient (Wildman–Crippen LogP) is 4.71. The number of carbonyl (C=O) groups excluding carboxylic acids is 1. The summed E-state index contributed by atoms with van der Waals surface area (Å²) in [5.74, 6) is 1.72. The van der Waals surface area contributed by atoms with Gasteiger partial charge in [0, 0.05) is 11.3 Å². The Morgan fingerprint density at radius 1 is 1.17 bits per heavy atom. The second kappa shape index (κ2) is 11.8. The third-order valence-corrected chi connectivity index (χ3v) is 5.45. The number of hydrogen-bond donors (Lipinski definition) is 1. The number of ether oxygens (including phenoxy) is 2. The molecule has 2 rings (SSSR count). The Hall–Kier alpha value is -2.20. The van der Waals surface area contributed by atoms with Crippen molar-refractivity contribution in [2.45, 2.75) is 25.7 Å². The fraction of sp³-hybridized carbons (Fsp3) is 0.391. The number of nitrogens with zero attached hydrogens (tertiary/aromatic N) is 1. The first-order valence-corrected chi connectivity index (χ1v) is 11.4. The van der Waals surface area contributed by atoms with Gasteiger partial charge in [-0.2, -0.15) is 5.26 Å². The van der Waals surface area contributed by atoms with Gasteiger partial charge >= 0.3 is 0 Å². The molecule has 0 fully saturated rings. The van der Waals surface area contributed by atoms with Crippen LogP contribution < -0.4 is 14.2 Å². The molecule has 0 spiro atoms. The molecule has 0 aliphatic heterocycles. The summed E-state index contributed by atoms with van der Waals surface area (Å²) >= 11 is 7.06. The van der Waals surface area contributed by atoms with E-state index >= 15 is 0 Å². The maximum absolute atomic E-state index is 11.8. The Bertz CT molecular complexity index is 879. The van der Waals surface area contributed by atoms with Crippen molar-refractivity contribution >= 4 is 29.3 Å². The van der Waals surface area contributed by atoms with Crippen LogP contribution >= 0.6 is 23.5 Å². The summed E-state index contributed by atoms with van der Waals surface area (Å²) in [7, 11) is 0. The number of rotatable bonds is 12. The molecule has 0 saturated heterocycles. The Morgan fingerprint density at radius 2 is 1.87 bits per heavy atom. The largest absolute Gasteiger partial charge is 0.494 e. The summed E-state index contributed by atoms with van der Waals surface area (Å²) in [6.07, 6.45) is 2.66. The van der Waals surface area contributed by atoms with Crippen molar-refractivity contribution < 1.29 is 14.3 Å². The SMILES string of the molecule is CSNCC(=O)COc1ccc(C(C)(C)c2ccc(OCCCCl)cc2)cc1C#N. The van der Waals surface area contributed by atoms with Gasteiger partial charge < -0.3 is 9.47 Å². The Kier molecular flexibility index (Phi) is 9.51. The lowest BCUT2D eigenvalue weighted by Gasteiger charge is -2.27. The number of benzene rings is 2. The maximum atomic E-state index is 11.8. The quantitative estimate of drug-likeness (QED) is 0.289. The van der Waals surface area contributed by atoms with Crippen LogP contribution in [0.15, 0.2) is 42.5 Å². The Labute approximate surface area is 187 Å². The molecule has 0 unspecified atom stereocenters. The number of Topliss-reactive ketones (excluding diaryl/α,β-unsaturated/α-hetero) is 1. The molecule has 0 saturated carbocycles. The summed E-state index contributed by atoms with van der Waals surface area (Å²) in [6.45, 7) is 4.95. The summed E-state index contributed by atoms with van der Waals surface area (Å²) in [4.78, 5) is 11.8. The molecule has 0 aliphatic rings. The van der Waals surface area contributed by atoms with Gasteiger partial charge in [0.25, 0.3) is 0 Å². The standard InChI is InChI=1S/C23H27ClN2O3S/c1-23(2,18-5-8-21(9-6-18)28-12-4-11-24)19-7-10-22(17(13-19)14-25)29-16-20(27)15-26-30-3/h5-10,13,26H,4,11-12,15-16H2,1-3H3. The molecule has 2 aromatic carbocycles. The highest BCUT2D eigenvalue weighted by atomic mass is 35.5. The first-order valence-electron chi connectivity index (χ1n) is 9.66. The van der Waals surface area contributed by atoms with Crippen LogP contribution in [0.5, 0.6) is 11.5 Å². The molecule has 0 bridgehead atoms. The van der Waals surface area contributed by atoms with Crippen LogP contribution in [0.4, 0.5) is 0 Å². The summed E-state index contributed by atoms with van der Waals surface area (Å²) in [6, 6.07) is 15.7. The Morgan fingerprint density at radius 3 is 2.50 bits per heavy atom. The topological polar surface area (TPSA) is 71.3 Å². The smallest absolute Gasteiger partial charge is 0.184 e. The molecule has 0 atom stereocenters. The van der Waals surface area contributed by atoms with Crippen LogP contribution in [-0.4, -0.2) is 37.7 Å². The van der Waals surface area contributed by atoms with Gasteiger partial charge in [-0.05, 0) is 48.1 Å². The first-order chi connectivity index (χ1) is 14.4. The van der Waals surface area contributed by atoms with Crippen molar-refractivity contribution in [2.24, 2.45) is 0 Å². The Balaban J connectivity index is 2.13. The van der Waals surface area contributed by atoms with Gasteiger partial charge in [0.05, 0.1) is 18.7 Å². The van der Waals surface area contributed by atoms with Gasteiger partial charge in [-0.3, -0.25) is 9.52 Å². The second-order valence-electron chi connectivity index (χ2n) is 7.22. The third kappa shape index (κ3) is 6.66. The minimum Gasteiger partial charge on any atom is -0.494 e. The molecule has 30 heavy (non-hydrogen) atoms. The fourth-order valence-corrected chi connectivity index (χ4v) is 3.29. The van der Waals surface area contributed by atoms with E-state index in [0.717, 1.165) is 23.3 Å². The molecule has 0 amide bonds. The summed E-state index contributed by atoms with van der Waals surface area (Å²) in [5.41, 5.74) is 2.17. The number of hydrogen-bond acceptors (Lipinski definition) is 6. The van der Waals surface area contributed by atoms with Gasteiger partial charge in [-0.25, -0.2) is 0 Å². The van der Waals surface area contributed by atoms with E-state index in [1.165, 1.54) is 11.9 Å². The zero-order chi connectivity index (χ0) is 22.0. The van der Waals surface area contributed by atoms with E-state index in [9.17, 15) is 10.1 Å². The lowest BCUT2D eigenvalue weighted by molar-refractivity contribution is -0.119. The first kappa shape index (κ1) is 24.1. The molecular weight excluding hydrogens is 420 g/mol. The van der Waals surface area contributed by atoms with E-state index in [0.29, 0.717) is 23.8 Å². The molecule has 1 N–H and O–H groups in total. The maximum Gasteiger partial charge on any atom is 0.184 e. The third-order valence-electron chi connectivity index (χ3n) is 4.75. The van der Waals surface area contributed by atoms with Gasteiger partial charge in [0.1, 0.15) is 24.2 Å². The normalized spacial score (nSPS) is 11.0. The van der Waals surface area contributed by atoms with Crippen molar-refractivity contribution in [3.05, 3.63) is 59.2 Å². The van der Waals surface area contributed by atoms with Crippen molar-refractivity contribution in [1.29, 1.82) is 5.26 Å². The van der Waals surface area contributed by atoms with Crippen molar-refractivity contribution in [3.63, 3.8) is 0 Å². The van der Waals surface area contributed by atoms with Crippen LogP contribution in [0.1, 0.15) is 37.0 Å². The zero-order valence-electron chi connectivity index (χ0n) is 17.5. The molecular formula is C23H27ClN2O3S. The second-order valence-corrected chi connectivity index (χ2v) is 8.29. The molecule has 5 nitrogen and oxygen atoms in total.